The van der Waals surface area contributed by atoms with Crippen LogP contribution < -0.4 is 5.73 Å². The van der Waals surface area contributed by atoms with Crippen LogP contribution in [0.15, 0.2) is 53.4 Å². The summed E-state index contributed by atoms with van der Waals surface area (Å²) in [6.45, 7) is 5.76. The average Bonchev–Trinajstić information content (AvgIpc) is 3.40. The number of nitrogens with two attached hydrogens (primary N) is 1. The fraction of sp³-hybridized carbons (Fsp3) is 0.409. The Morgan fingerprint density at radius 2 is 1.68 bits per heavy atom. The third-order valence-corrected chi connectivity index (χ3v) is 7.97. The van der Waals surface area contributed by atoms with Gasteiger partial charge in [0.15, 0.2) is 9.84 Å². The molecule has 2 N–H and O–H groups in total. The summed E-state index contributed by atoms with van der Waals surface area (Å²) in [5.41, 5.74) is 7.67. The summed E-state index contributed by atoms with van der Waals surface area (Å²) in [6.07, 6.45) is 0.885. The highest BCUT2D eigenvalue weighted by Gasteiger charge is 2.75. The van der Waals surface area contributed by atoms with Crippen molar-refractivity contribution in [3.8, 4) is 0 Å². The van der Waals surface area contributed by atoms with Crippen LogP contribution >= 0.6 is 0 Å². The number of benzene rings is 2. The number of hydrogen-bond donors (Lipinski definition) is 1. The van der Waals surface area contributed by atoms with Crippen molar-refractivity contribution in [3.05, 3.63) is 65.2 Å². The monoisotopic (exact) mass is 401 g/mol. The van der Waals surface area contributed by atoms with E-state index in [0.717, 1.165) is 23.1 Å². The van der Waals surface area contributed by atoms with E-state index in [4.69, 9.17) is 10.5 Å². The Kier molecular flexibility index (Phi) is 5.64. The molecule has 0 unspecified atom stereocenters. The van der Waals surface area contributed by atoms with E-state index in [9.17, 15) is 13.2 Å². The summed E-state index contributed by atoms with van der Waals surface area (Å²) >= 11 is 0. The summed E-state index contributed by atoms with van der Waals surface area (Å²) in [4.78, 5) is 13.0. The van der Waals surface area contributed by atoms with Crippen LogP contribution in [0.3, 0.4) is 0 Å². The predicted octanol–water partition coefficient (Wildman–Crippen LogP) is 3.01. The first kappa shape index (κ1) is 20.6. The second kappa shape index (κ2) is 7.68. The van der Waals surface area contributed by atoms with Gasteiger partial charge in [0.25, 0.3) is 0 Å². The van der Waals surface area contributed by atoms with Crippen molar-refractivity contribution in [2.75, 3.05) is 13.2 Å². The van der Waals surface area contributed by atoms with Crippen LogP contribution in [-0.4, -0.2) is 32.8 Å². The maximum Gasteiger partial charge on any atom is 0.315 e. The highest BCUT2D eigenvalue weighted by atomic mass is 32.2. The Labute approximate surface area is 166 Å². The molecule has 1 saturated carbocycles. The van der Waals surface area contributed by atoms with Gasteiger partial charge >= 0.3 is 5.97 Å². The molecule has 1 fully saturated rings. The first-order chi connectivity index (χ1) is 13.3. The zero-order chi connectivity index (χ0) is 20.5. The quantitative estimate of drug-likeness (QED) is 0.721. The zero-order valence-corrected chi connectivity index (χ0v) is 17.3. The molecule has 0 bridgehead atoms. The van der Waals surface area contributed by atoms with Crippen molar-refractivity contribution in [1.29, 1.82) is 0 Å². The molecule has 2 aromatic rings. The van der Waals surface area contributed by atoms with Crippen molar-refractivity contribution < 1.29 is 17.9 Å². The van der Waals surface area contributed by atoms with Gasteiger partial charge in [-0.2, -0.15) is 0 Å². The zero-order valence-electron chi connectivity index (χ0n) is 16.5. The van der Waals surface area contributed by atoms with Crippen LogP contribution in [0.2, 0.25) is 0 Å². The standard InChI is InChI=1S/C22H27NO4S/c1-4-16-8-10-17(11-9-16)19-20(22(19,14-23)21(24)27-5-2)28(25,26)18-12-6-15(3)7-13-18/h6-13,19-20H,4-5,14,23H2,1-3H3/t19-,20+,22+/m1/s1. The van der Waals surface area contributed by atoms with E-state index < -0.39 is 32.4 Å². The Hall–Kier alpha value is -2.18. The Bertz CT molecular complexity index is 951. The topological polar surface area (TPSA) is 86.5 Å². The third kappa shape index (κ3) is 3.25. The number of esters is 1. The molecular formula is C22H27NO4S. The molecule has 0 heterocycles. The summed E-state index contributed by atoms with van der Waals surface area (Å²) in [7, 11) is -3.76. The Balaban J connectivity index is 2.09. The lowest BCUT2D eigenvalue weighted by molar-refractivity contribution is -0.149. The molecule has 2 aromatic carbocycles. The molecule has 0 aromatic heterocycles. The number of carbonyl (C=O) groups excluding carboxylic acids is 1. The second-order valence-electron chi connectivity index (χ2n) is 7.32. The minimum Gasteiger partial charge on any atom is -0.465 e. The molecule has 1 aliphatic rings. The van der Waals surface area contributed by atoms with Crippen LogP contribution in [0.25, 0.3) is 0 Å². The van der Waals surface area contributed by atoms with Gasteiger partial charge in [-0.15, -0.1) is 0 Å². The van der Waals surface area contributed by atoms with E-state index in [-0.39, 0.29) is 18.0 Å². The van der Waals surface area contributed by atoms with E-state index in [1.165, 1.54) is 0 Å². The number of sulfone groups is 1. The Morgan fingerprint density at radius 3 is 2.18 bits per heavy atom. The molecule has 3 rings (SSSR count). The molecule has 5 nitrogen and oxygen atoms in total. The van der Waals surface area contributed by atoms with Crippen molar-refractivity contribution in [2.24, 2.45) is 11.1 Å². The fourth-order valence-corrected chi connectivity index (χ4v) is 6.38. The SMILES string of the molecule is CCOC(=O)[C@@]1(CN)[C@H](c2ccc(CC)cc2)[C@@H]1S(=O)(=O)c1ccc(C)cc1. The summed E-state index contributed by atoms with van der Waals surface area (Å²) in [5.74, 6) is -1.06. The van der Waals surface area contributed by atoms with Gasteiger partial charge in [0.05, 0.1) is 16.8 Å². The maximum atomic E-state index is 13.4. The van der Waals surface area contributed by atoms with Gasteiger partial charge in [-0.05, 0) is 43.5 Å². The van der Waals surface area contributed by atoms with Crippen LogP contribution in [0.1, 0.15) is 36.5 Å². The number of hydrogen-bond acceptors (Lipinski definition) is 5. The molecule has 0 radical (unpaired) electrons. The van der Waals surface area contributed by atoms with Crippen LogP contribution in [0.5, 0.6) is 0 Å². The van der Waals surface area contributed by atoms with Gasteiger partial charge in [0.2, 0.25) is 0 Å². The molecule has 3 atom stereocenters. The minimum absolute atomic E-state index is 0.0816. The summed E-state index contributed by atoms with van der Waals surface area (Å²) in [6, 6.07) is 14.4. The van der Waals surface area contributed by atoms with E-state index in [1.807, 2.05) is 31.2 Å². The Morgan fingerprint density at radius 1 is 1.07 bits per heavy atom. The molecule has 0 spiro atoms. The predicted molar refractivity (Wildman–Crippen MR) is 109 cm³/mol. The molecule has 6 heteroatoms. The number of carbonyl (C=O) groups is 1. The maximum absolute atomic E-state index is 13.4. The van der Waals surface area contributed by atoms with Crippen LogP contribution in [0.4, 0.5) is 0 Å². The average molecular weight is 402 g/mol. The second-order valence-corrected chi connectivity index (χ2v) is 9.39. The number of aryl methyl sites for hydroxylation is 2. The van der Waals surface area contributed by atoms with Gasteiger partial charge in [-0.3, -0.25) is 4.79 Å². The van der Waals surface area contributed by atoms with Gasteiger partial charge < -0.3 is 10.5 Å². The van der Waals surface area contributed by atoms with Gasteiger partial charge in [-0.1, -0.05) is 48.9 Å². The van der Waals surface area contributed by atoms with E-state index >= 15 is 0 Å². The smallest absolute Gasteiger partial charge is 0.315 e. The summed E-state index contributed by atoms with van der Waals surface area (Å²) < 4.78 is 32.1. The fourth-order valence-electron chi connectivity index (χ4n) is 4.00. The van der Waals surface area contributed by atoms with E-state index in [0.29, 0.717) is 0 Å². The van der Waals surface area contributed by atoms with Crippen molar-refractivity contribution in [3.63, 3.8) is 0 Å². The first-order valence-corrected chi connectivity index (χ1v) is 11.1. The lowest BCUT2D eigenvalue weighted by Crippen LogP contribution is -2.33. The first-order valence-electron chi connectivity index (χ1n) is 9.59. The summed E-state index contributed by atoms with van der Waals surface area (Å²) in [5, 5.41) is -0.931. The molecule has 0 aliphatic heterocycles. The molecule has 0 amide bonds. The highest BCUT2D eigenvalue weighted by molar-refractivity contribution is 7.92. The minimum atomic E-state index is -3.76. The third-order valence-electron chi connectivity index (χ3n) is 5.68. The lowest BCUT2D eigenvalue weighted by atomic mass is 9.98. The molecule has 150 valence electrons. The molecule has 28 heavy (non-hydrogen) atoms. The number of rotatable bonds is 7. The largest absolute Gasteiger partial charge is 0.465 e. The van der Waals surface area contributed by atoms with E-state index in [1.54, 1.807) is 31.2 Å². The number of ether oxygens (including phenoxy) is 1. The van der Waals surface area contributed by atoms with Crippen molar-refractivity contribution in [2.45, 2.75) is 43.3 Å². The lowest BCUT2D eigenvalue weighted by Gasteiger charge is -2.14. The van der Waals surface area contributed by atoms with Crippen molar-refractivity contribution >= 4 is 15.8 Å². The highest BCUT2D eigenvalue weighted by Crippen LogP contribution is 2.64. The normalized spacial score (nSPS) is 24.0. The van der Waals surface area contributed by atoms with Crippen molar-refractivity contribution in [1.82, 2.24) is 0 Å². The molecule has 1 aliphatic carbocycles. The van der Waals surface area contributed by atoms with Gasteiger partial charge in [-0.25, -0.2) is 8.42 Å². The van der Waals surface area contributed by atoms with Crippen LogP contribution in [-0.2, 0) is 25.8 Å². The van der Waals surface area contributed by atoms with Gasteiger partial charge in [0, 0.05) is 12.5 Å². The molecular weight excluding hydrogens is 374 g/mol. The van der Waals surface area contributed by atoms with Gasteiger partial charge in [0.1, 0.15) is 5.41 Å². The van der Waals surface area contributed by atoms with E-state index in [2.05, 4.69) is 6.92 Å². The van der Waals surface area contributed by atoms with Crippen LogP contribution in [0, 0.1) is 12.3 Å². The molecule has 0 saturated heterocycles.